The molecule has 0 aliphatic rings. The fraction of sp³-hybridized carbons (Fsp3) is 0.0455. The maximum atomic E-state index is 12.7. The molecule has 1 aromatic heterocycles. The van der Waals surface area contributed by atoms with Gasteiger partial charge in [-0.25, -0.2) is 0 Å². The zero-order chi connectivity index (χ0) is 18.1. The molecule has 26 heavy (non-hydrogen) atoms. The van der Waals surface area contributed by atoms with Crippen LogP contribution < -0.4 is 10.3 Å². The largest absolute Gasteiger partial charge is 0.508 e. The topological polar surface area (TPSA) is 53.7 Å². The number of hydrogen-bond donors (Lipinski definition) is 1. The summed E-state index contributed by atoms with van der Waals surface area (Å²) in [5.41, 5.74) is 3.66. The fourth-order valence-electron chi connectivity index (χ4n) is 2.98. The van der Waals surface area contributed by atoms with Gasteiger partial charge < -0.3 is 14.4 Å². The Morgan fingerprint density at radius 1 is 0.885 bits per heavy atom. The van der Waals surface area contributed by atoms with Crippen LogP contribution in [0.25, 0.3) is 22.1 Å². The number of phenolic OH excluding ortho intramolecular Hbond substituents is 1. The molecule has 0 spiro atoms. The average Bonchev–Trinajstić information content (AvgIpc) is 2.68. The van der Waals surface area contributed by atoms with Gasteiger partial charge in [-0.05, 0) is 42.0 Å². The van der Waals surface area contributed by atoms with Crippen molar-refractivity contribution in [2.75, 3.05) is 11.9 Å². The lowest BCUT2D eigenvalue weighted by Gasteiger charge is -2.19. The molecule has 0 aliphatic carbocycles. The van der Waals surface area contributed by atoms with Crippen molar-refractivity contribution in [2.24, 2.45) is 0 Å². The van der Waals surface area contributed by atoms with Crippen LogP contribution in [0, 0.1) is 0 Å². The highest BCUT2D eigenvalue weighted by molar-refractivity contribution is 5.82. The molecule has 3 aromatic carbocycles. The maximum absolute atomic E-state index is 12.7. The van der Waals surface area contributed by atoms with Gasteiger partial charge in [0.25, 0.3) is 0 Å². The van der Waals surface area contributed by atoms with E-state index in [9.17, 15) is 9.90 Å². The molecule has 0 aliphatic heterocycles. The van der Waals surface area contributed by atoms with E-state index in [0.717, 1.165) is 16.9 Å². The van der Waals surface area contributed by atoms with Crippen molar-refractivity contribution in [3.63, 3.8) is 0 Å². The molecular formula is C22H17NO3. The van der Waals surface area contributed by atoms with Gasteiger partial charge in [-0.2, -0.15) is 0 Å². The second-order valence-electron chi connectivity index (χ2n) is 6.10. The normalized spacial score (nSPS) is 10.8. The van der Waals surface area contributed by atoms with E-state index in [1.165, 1.54) is 18.4 Å². The number of aromatic hydroxyl groups is 1. The van der Waals surface area contributed by atoms with E-state index in [2.05, 4.69) is 4.90 Å². The van der Waals surface area contributed by atoms with Crippen LogP contribution in [0.15, 0.2) is 88.3 Å². The lowest BCUT2D eigenvalue weighted by atomic mass is 10.0. The summed E-state index contributed by atoms with van der Waals surface area (Å²) in [5, 5.41) is 9.97. The summed E-state index contributed by atoms with van der Waals surface area (Å²) in [7, 11) is 2.00. The third kappa shape index (κ3) is 2.82. The number of nitrogens with zero attached hydrogens (tertiary/aromatic N) is 1. The van der Waals surface area contributed by atoms with Gasteiger partial charge in [-0.3, -0.25) is 4.79 Å². The number of rotatable bonds is 3. The van der Waals surface area contributed by atoms with Crippen LogP contribution in [0.2, 0.25) is 0 Å². The van der Waals surface area contributed by atoms with E-state index in [1.807, 2.05) is 61.6 Å². The minimum absolute atomic E-state index is 0.0710. The monoisotopic (exact) mass is 343 g/mol. The first-order chi connectivity index (χ1) is 12.6. The van der Waals surface area contributed by atoms with Gasteiger partial charge in [0, 0.05) is 24.5 Å². The zero-order valence-corrected chi connectivity index (χ0v) is 14.2. The molecule has 1 heterocycles. The van der Waals surface area contributed by atoms with Crippen molar-refractivity contribution in [2.45, 2.75) is 0 Å². The summed E-state index contributed by atoms with van der Waals surface area (Å²) in [4.78, 5) is 14.8. The Labute approximate surface area is 150 Å². The first-order valence-electron chi connectivity index (χ1n) is 8.27. The van der Waals surface area contributed by atoms with E-state index in [-0.39, 0.29) is 11.2 Å². The Balaban J connectivity index is 1.71. The summed E-state index contributed by atoms with van der Waals surface area (Å²) in [5.74, 6) is 0.0710. The van der Waals surface area contributed by atoms with Crippen LogP contribution >= 0.6 is 0 Å². The highest BCUT2D eigenvalue weighted by atomic mass is 16.3. The number of benzene rings is 3. The van der Waals surface area contributed by atoms with Crippen molar-refractivity contribution in [3.8, 4) is 16.9 Å². The molecule has 0 atom stereocenters. The third-order valence-corrected chi connectivity index (χ3v) is 4.47. The molecule has 4 aromatic rings. The SMILES string of the molecule is CN(c1ccccc1)c1ccc(-c2coc3cc(O)ccc3c2=O)cc1. The molecule has 0 amide bonds. The Bertz CT molecular complexity index is 1120. The number of anilines is 2. The van der Waals surface area contributed by atoms with Gasteiger partial charge in [0.2, 0.25) is 0 Å². The van der Waals surface area contributed by atoms with Crippen molar-refractivity contribution in [1.82, 2.24) is 0 Å². The summed E-state index contributed by atoms with van der Waals surface area (Å²) in [6, 6.07) is 22.3. The molecule has 0 unspecified atom stereocenters. The van der Waals surface area contributed by atoms with Gasteiger partial charge in [-0.15, -0.1) is 0 Å². The molecule has 4 nitrogen and oxygen atoms in total. The van der Waals surface area contributed by atoms with Crippen LogP contribution in [0.4, 0.5) is 11.4 Å². The van der Waals surface area contributed by atoms with Crippen molar-refractivity contribution >= 4 is 22.3 Å². The average molecular weight is 343 g/mol. The highest BCUT2D eigenvalue weighted by Gasteiger charge is 2.10. The van der Waals surface area contributed by atoms with E-state index in [4.69, 9.17) is 4.42 Å². The molecule has 1 N–H and O–H groups in total. The molecule has 0 radical (unpaired) electrons. The minimum Gasteiger partial charge on any atom is -0.508 e. The molecule has 4 rings (SSSR count). The van der Waals surface area contributed by atoms with Crippen LogP contribution in [-0.4, -0.2) is 12.2 Å². The smallest absolute Gasteiger partial charge is 0.200 e. The Hall–Kier alpha value is -3.53. The first kappa shape index (κ1) is 16.0. The fourth-order valence-corrected chi connectivity index (χ4v) is 2.98. The Morgan fingerprint density at radius 2 is 1.58 bits per heavy atom. The molecule has 0 fully saturated rings. The van der Waals surface area contributed by atoms with Crippen LogP contribution in [0.1, 0.15) is 0 Å². The quantitative estimate of drug-likeness (QED) is 0.573. The first-order valence-corrected chi connectivity index (χ1v) is 8.27. The van der Waals surface area contributed by atoms with E-state index >= 15 is 0 Å². The van der Waals surface area contributed by atoms with Gasteiger partial charge in [0.1, 0.15) is 17.6 Å². The molecular weight excluding hydrogens is 326 g/mol. The van der Waals surface area contributed by atoms with E-state index in [0.29, 0.717) is 16.5 Å². The van der Waals surface area contributed by atoms with Gasteiger partial charge in [-0.1, -0.05) is 30.3 Å². The molecule has 128 valence electrons. The van der Waals surface area contributed by atoms with Gasteiger partial charge >= 0.3 is 0 Å². The van der Waals surface area contributed by atoms with E-state index in [1.54, 1.807) is 6.07 Å². The molecule has 4 heteroatoms. The number of fused-ring (bicyclic) bond motifs is 1. The summed E-state index contributed by atoms with van der Waals surface area (Å²) in [6.07, 6.45) is 1.44. The molecule has 0 saturated carbocycles. The third-order valence-electron chi connectivity index (χ3n) is 4.47. The predicted octanol–water partition coefficient (Wildman–Crippen LogP) is 4.93. The van der Waals surface area contributed by atoms with Crippen molar-refractivity contribution in [3.05, 3.63) is 89.3 Å². The van der Waals surface area contributed by atoms with Crippen molar-refractivity contribution < 1.29 is 9.52 Å². The number of phenols is 1. The number of hydrogen-bond acceptors (Lipinski definition) is 4. The standard InChI is InChI=1S/C22H17NO3/c1-23(16-5-3-2-4-6-16)17-9-7-15(8-10-17)20-14-26-21-13-18(24)11-12-19(21)22(20)25/h2-14,24H,1H3. The van der Waals surface area contributed by atoms with E-state index < -0.39 is 0 Å². The summed E-state index contributed by atoms with van der Waals surface area (Å²) >= 11 is 0. The van der Waals surface area contributed by atoms with Crippen LogP contribution in [-0.2, 0) is 0 Å². The number of para-hydroxylation sites is 1. The lowest BCUT2D eigenvalue weighted by molar-refractivity contribution is 0.474. The Morgan fingerprint density at radius 3 is 2.31 bits per heavy atom. The summed E-state index contributed by atoms with van der Waals surface area (Å²) < 4.78 is 5.54. The Kier molecular flexibility index (Phi) is 3.93. The highest BCUT2D eigenvalue weighted by Crippen LogP contribution is 2.27. The molecule has 0 bridgehead atoms. The van der Waals surface area contributed by atoms with Gasteiger partial charge in [0.05, 0.1) is 10.9 Å². The second kappa shape index (κ2) is 6.41. The second-order valence-corrected chi connectivity index (χ2v) is 6.10. The van der Waals surface area contributed by atoms with Crippen molar-refractivity contribution in [1.29, 1.82) is 0 Å². The van der Waals surface area contributed by atoms with Gasteiger partial charge in [0.15, 0.2) is 5.43 Å². The van der Waals surface area contributed by atoms with Crippen LogP contribution in [0.3, 0.4) is 0 Å². The summed E-state index contributed by atoms with van der Waals surface area (Å²) in [6.45, 7) is 0. The zero-order valence-electron chi connectivity index (χ0n) is 14.2. The predicted molar refractivity (Wildman–Crippen MR) is 104 cm³/mol. The lowest BCUT2D eigenvalue weighted by Crippen LogP contribution is -2.09. The van der Waals surface area contributed by atoms with Crippen LogP contribution in [0.5, 0.6) is 5.75 Å². The minimum atomic E-state index is -0.115. The maximum Gasteiger partial charge on any atom is 0.200 e. The molecule has 0 saturated heterocycles.